The first kappa shape index (κ1) is 12.1. The summed E-state index contributed by atoms with van der Waals surface area (Å²) in [7, 11) is 0. The fourth-order valence-corrected chi connectivity index (χ4v) is 3.25. The molecule has 1 aromatic rings. The molecule has 0 saturated carbocycles. The molecule has 1 aliphatic rings. The summed E-state index contributed by atoms with van der Waals surface area (Å²) in [5.74, 6) is 0. The summed E-state index contributed by atoms with van der Waals surface area (Å²) in [6, 6.07) is 3.07. The topological polar surface area (TPSA) is 24.1 Å². The van der Waals surface area contributed by atoms with Crippen LogP contribution in [0.3, 0.4) is 0 Å². The molecule has 2 nitrogen and oxygen atoms in total. The van der Waals surface area contributed by atoms with Crippen molar-refractivity contribution in [1.29, 1.82) is 0 Å². The van der Waals surface area contributed by atoms with Gasteiger partial charge < -0.3 is 10.6 Å². The smallest absolute Gasteiger partial charge is 0.0299 e. The summed E-state index contributed by atoms with van der Waals surface area (Å²) < 4.78 is 0. The zero-order valence-electron chi connectivity index (χ0n) is 10.3. The molecular weight excluding hydrogens is 216 g/mol. The SMILES string of the molecule is Cc1cc(CNCCC2CCCN2)sc1C. The van der Waals surface area contributed by atoms with Gasteiger partial charge in [0.15, 0.2) is 0 Å². The maximum Gasteiger partial charge on any atom is 0.0299 e. The molecule has 2 heterocycles. The summed E-state index contributed by atoms with van der Waals surface area (Å²) in [4.78, 5) is 2.92. The van der Waals surface area contributed by atoms with E-state index in [4.69, 9.17) is 0 Å². The van der Waals surface area contributed by atoms with E-state index in [0.29, 0.717) is 0 Å². The van der Waals surface area contributed by atoms with E-state index in [1.54, 1.807) is 0 Å². The largest absolute Gasteiger partial charge is 0.314 e. The van der Waals surface area contributed by atoms with E-state index in [-0.39, 0.29) is 0 Å². The highest BCUT2D eigenvalue weighted by atomic mass is 32.1. The van der Waals surface area contributed by atoms with Crippen LogP contribution in [0.15, 0.2) is 6.07 Å². The van der Waals surface area contributed by atoms with Gasteiger partial charge in [-0.05, 0) is 57.8 Å². The number of rotatable bonds is 5. The van der Waals surface area contributed by atoms with Gasteiger partial charge in [-0.25, -0.2) is 0 Å². The standard InChI is InChI=1S/C13H22N2S/c1-10-8-13(16-11(10)2)9-14-7-5-12-4-3-6-15-12/h8,12,14-15H,3-7,9H2,1-2H3. The van der Waals surface area contributed by atoms with Gasteiger partial charge in [-0.3, -0.25) is 0 Å². The molecule has 1 unspecified atom stereocenters. The van der Waals surface area contributed by atoms with Crippen molar-refractivity contribution in [3.8, 4) is 0 Å². The molecule has 1 fully saturated rings. The van der Waals surface area contributed by atoms with E-state index in [1.165, 1.54) is 41.1 Å². The monoisotopic (exact) mass is 238 g/mol. The zero-order valence-corrected chi connectivity index (χ0v) is 11.1. The van der Waals surface area contributed by atoms with Gasteiger partial charge in [0.25, 0.3) is 0 Å². The second-order valence-corrected chi connectivity index (χ2v) is 6.05. The zero-order chi connectivity index (χ0) is 11.4. The van der Waals surface area contributed by atoms with Crippen LogP contribution >= 0.6 is 11.3 Å². The lowest BCUT2D eigenvalue weighted by molar-refractivity contribution is 0.525. The van der Waals surface area contributed by atoms with Gasteiger partial charge in [0.1, 0.15) is 0 Å². The van der Waals surface area contributed by atoms with E-state index < -0.39 is 0 Å². The molecule has 2 N–H and O–H groups in total. The Kier molecular flexibility index (Phi) is 4.38. The highest BCUT2D eigenvalue weighted by molar-refractivity contribution is 7.12. The van der Waals surface area contributed by atoms with Gasteiger partial charge in [-0.2, -0.15) is 0 Å². The van der Waals surface area contributed by atoms with Crippen LogP contribution in [0.5, 0.6) is 0 Å². The number of nitrogens with one attached hydrogen (secondary N) is 2. The van der Waals surface area contributed by atoms with Crippen LogP contribution in [0.4, 0.5) is 0 Å². The molecule has 0 spiro atoms. The molecule has 1 saturated heterocycles. The van der Waals surface area contributed by atoms with Gasteiger partial charge in [0.2, 0.25) is 0 Å². The molecule has 0 amide bonds. The van der Waals surface area contributed by atoms with Crippen LogP contribution < -0.4 is 10.6 Å². The Hall–Kier alpha value is -0.380. The van der Waals surface area contributed by atoms with Gasteiger partial charge in [-0.1, -0.05) is 0 Å². The maximum atomic E-state index is 3.54. The third-order valence-electron chi connectivity index (χ3n) is 3.35. The van der Waals surface area contributed by atoms with Crippen molar-refractivity contribution in [3.63, 3.8) is 0 Å². The first-order valence-electron chi connectivity index (χ1n) is 6.25. The Bertz CT molecular complexity index is 307. The molecule has 1 aromatic heterocycles. The molecule has 1 atom stereocenters. The van der Waals surface area contributed by atoms with E-state index in [0.717, 1.165) is 19.1 Å². The minimum atomic E-state index is 0.763. The van der Waals surface area contributed by atoms with Crippen molar-refractivity contribution in [2.45, 2.75) is 45.7 Å². The van der Waals surface area contributed by atoms with Crippen LogP contribution in [0.2, 0.25) is 0 Å². The van der Waals surface area contributed by atoms with Crippen LogP contribution in [0.25, 0.3) is 0 Å². The number of thiophene rings is 1. The fourth-order valence-electron chi connectivity index (χ4n) is 2.23. The average Bonchev–Trinajstić information content (AvgIpc) is 2.85. The van der Waals surface area contributed by atoms with E-state index >= 15 is 0 Å². The van der Waals surface area contributed by atoms with Crippen molar-refractivity contribution in [3.05, 3.63) is 21.4 Å². The number of aryl methyl sites for hydroxylation is 2. The molecule has 0 bridgehead atoms. The molecule has 2 rings (SSSR count). The fraction of sp³-hybridized carbons (Fsp3) is 0.692. The maximum absolute atomic E-state index is 3.54. The molecule has 0 aromatic carbocycles. The minimum Gasteiger partial charge on any atom is -0.314 e. The first-order chi connectivity index (χ1) is 7.75. The summed E-state index contributed by atoms with van der Waals surface area (Å²) in [5, 5.41) is 7.07. The van der Waals surface area contributed by atoms with E-state index in [9.17, 15) is 0 Å². The lowest BCUT2D eigenvalue weighted by Gasteiger charge is -2.09. The van der Waals surface area contributed by atoms with Crippen molar-refractivity contribution < 1.29 is 0 Å². The van der Waals surface area contributed by atoms with Crippen LogP contribution in [0, 0.1) is 13.8 Å². The summed E-state index contributed by atoms with van der Waals surface area (Å²) in [6.07, 6.45) is 3.98. The molecule has 0 aliphatic carbocycles. The van der Waals surface area contributed by atoms with Gasteiger partial charge in [-0.15, -0.1) is 11.3 Å². The molecule has 1 aliphatic heterocycles. The summed E-state index contributed by atoms with van der Waals surface area (Å²) in [6.45, 7) is 7.78. The van der Waals surface area contributed by atoms with E-state index in [2.05, 4.69) is 30.5 Å². The van der Waals surface area contributed by atoms with Crippen molar-refractivity contribution in [1.82, 2.24) is 10.6 Å². The quantitative estimate of drug-likeness (QED) is 0.771. The number of hydrogen-bond acceptors (Lipinski definition) is 3. The molecule has 0 radical (unpaired) electrons. The third-order valence-corrected chi connectivity index (χ3v) is 4.50. The van der Waals surface area contributed by atoms with E-state index in [1.807, 2.05) is 11.3 Å². The van der Waals surface area contributed by atoms with Crippen molar-refractivity contribution in [2.24, 2.45) is 0 Å². The lowest BCUT2D eigenvalue weighted by Crippen LogP contribution is -2.26. The van der Waals surface area contributed by atoms with Gasteiger partial charge in [0, 0.05) is 22.3 Å². The Morgan fingerprint density at radius 1 is 1.50 bits per heavy atom. The van der Waals surface area contributed by atoms with Gasteiger partial charge in [0.05, 0.1) is 0 Å². The molecule has 3 heteroatoms. The lowest BCUT2D eigenvalue weighted by atomic mass is 10.1. The van der Waals surface area contributed by atoms with Crippen molar-refractivity contribution >= 4 is 11.3 Å². The summed E-state index contributed by atoms with van der Waals surface area (Å²) >= 11 is 1.92. The second-order valence-electron chi connectivity index (χ2n) is 4.71. The van der Waals surface area contributed by atoms with Gasteiger partial charge >= 0.3 is 0 Å². The Morgan fingerprint density at radius 3 is 3.00 bits per heavy atom. The highest BCUT2D eigenvalue weighted by Gasteiger charge is 2.12. The van der Waals surface area contributed by atoms with Crippen molar-refractivity contribution in [2.75, 3.05) is 13.1 Å². The molecule has 16 heavy (non-hydrogen) atoms. The third kappa shape index (κ3) is 3.30. The summed E-state index contributed by atoms with van der Waals surface area (Å²) in [5.41, 5.74) is 1.43. The second kappa shape index (κ2) is 5.80. The minimum absolute atomic E-state index is 0.763. The Labute approximate surface area is 102 Å². The Balaban J connectivity index is 1.64. The molecule has 90 valence electrons. The van der Waals surface area contributed by atoms with Crippen LogP contribution in [0.1, 0.15) is 34.6 Å². The number of hydrogen-bond donors (Lipinski definition) is 2. The predicted molar refractivity (Wildman–Crippen MR) is 71.1 cm³/mol. The average molecular weight is 238 g/mol. The molecular formula is C13H22N2S. The Morgan fingerprint density at radius 2 is 2.38 bits per heavy atom. The normalized spacial score (nSPS) is 20.5. The van der Waals surface area contributed by atoms with Crippen LogP contribution in [-0.2, 0) is 6.54 Å². The first-order valence-corrected chi connectivity index (χ1v) is 7.07. The van der Waals surface area contributed by atoms with Crippen LogP contribution in [-0.4, -0.2) is 19.1 Å². The predicted octanol–water partition coefficient (Wildman–Crippen LogP) is 2.60. The highest BCUT2D eigenvalue weighted by Crippen LogP contribution is 2.20.